The first-order chi connectivity index (χ1) is 12.1. The first-order valence-corrected chi connectivity index (χ1v) is 11.3. The molecule has 0 spiro atoms. The summed E-state index contributed by atoms with van der Waals surface area (Å²) in [4.78, 5) is 12.1. The molecule has 142 valence electrons. The first kappa shape index (κ1) is 21.9. The van der Waals surface area contributed by atoms with Crippen LogP contribution in [0.5, 0.6) is 0 Å². The van der Waals surface area contributed by atoms with Gasteiger partial charge in [-0.25, -0.2) is 4.79 Å². The standard InChI is InChI=1S/C20H33O4P/c1-4-6-8-9-10-11-16-24-20(21)18-12-14-19(15-13-18)25(22,23-3)17-7-5-2/h12-15H,4-11,16-17H2,1-3H3. The molecule has 0 saturated heterocycles. The molecule has 5 heteroatoms. The van der Waals surface area contributed by atoms with Crippen LogP contribution in [0.25, 0.3) is 0 Å². The highest BCUT2D eigenvalue weighted by molar-refractivity contribution is 7.66. The summed E-state index contributed by atoms with van der Waals surface area (Å²) < 4.78 is 23.4. The van der Waals surface area contributed by atoms with Gasteiger partial charge in [-0.1, -0.05) is 52.4 Å². The number of carbonyl (C=O) groups is 1. The molecule has 1 rings (SSSR count). The molecule has 1 unspecified atom stereocenters. The summed E-state index contributed by atoms with van der Waals surface area (Å²) in [6, 6.07) is 6.80. The summed E-state index contributed by atoms with van der Waals surface area (Å²) in [6.07, 6.45) is 9.32. The van der Waals surface area contributed by atoms with E-state index in [1.807, 2.05) is 0 Å². The fourth-order valence-electron chi connectivity index (χ4n) is 2.65. The van der Waals surface area contributed by atoms with Crippen LogP contribution in [0.1, 0.15) is 75.6 Å². The van der Waals surface area contributed by atoms with Gasteiger partial charge in [0, 0.05) is 18.6 Å². The molecule has 0 saturated carbocycles. The Kier molecular flexibility index (Phi) is 10.8. The largest absolute Gasteiger partial charge is 0.462 e. The molecule has 4 nitrogen and oxygen atoms in total. The van der Waals surface area contributed by atoms with Crippen LogP contribution >= 0.6 is 7.37 Å². The maximum atomic E-state index is 12.8. The molecule has 0 aromatic heterocycles. The average molecular weight is 368 g/mol. The SMILES string of the molecule is CCCCCCCCOC(=O)c1ccc(P(=O)(CCCC)OC)cc1. The van der Waals surface area contributed by atoms with Gasteiger partial charge in [-0.3, -0.25) is 4.57 Å². The third-order valence-electron chi connectivity index (χ3n) is 4.33. The average Bonchev–Trinajstić information content (AvgIpc) is 2.65. The first-order valence-electron chi connectivity index (χ1n) is 9.50. The molecule has 1 atom stereocenters. The van der Waals surface area contributed by atoms with E-state index in [1.165, 1.54) is 32.8 Å². The monoisotopic (exact) mass is 368 g/mol. The highest BCUT2D eigenvalue weighted by atomic mass is 31.2. The van der Waals surface area contributed by atoms with Crippen molar-refractivity contribution in [3.63, 3.8) is 0 Å². The lowest BCUT2D eigenvalue weighted by molar-refractivity contribution is 0.0497. The number of carbonyl (C=O) groups excluding carboxylic acids is 1. The molecular weight excluding hydrogens is 335 g/mol. The molecule has 0 amide bonds. The Morgan fingerprint density at radius 2 is 1.52 bits per heavy atom. The van der Waals surface area contributed by atoms with E-state index >= 15 is 0 Å². The highest BCUT2D eigenvalue weighted by Crippen LogP contribution is 2.45. The summed E-state index contributed by atoms with van der Waals surface area (Å²) >= 11 is 0. The Hall–Kier alpha value is -1.12. The van der Waals surface area contributed by atoms with Crippen LogP contribution in [0.15, 0.2) is 24.3 Å². The Bertz CT molecular complexity index is 539. The molecule has 25 heavy (non-hydrogen) atoms. The van der Waals surface area contributed by atoms with Gasteiger partial charge in [0.05, 0.1) is 12.2 Å². The van der Waals surface area contributed by atoms with Crippen molar-refractivity contribution in [2.75, 3.05) is 19.9 Å². The van der Waals surface area contributed by atoms with Crippen molar-refractivity contribution in [2.24, 2.45) is 0 Å². The van der Waals surface area contributed by atoms with Crippen molar-refractivity contribution in [3.8, 4) is 0 Å². The van der Waals surface area contributed by atoms with Gasteiger partial charge in [-0.05, 0) is 37.1 Å². The molecule has 0 aliphatic rings. The maximum Gasteiger partial charge on any atom is 0.338 e. The van der Waals surface area contributed by atoms with Crippen LogP contribution in [0, 0.1) is 0 Å². The van der Waals surface area contributed by atoms with E-state index in [0.717, 1.165) is 25.7 Å². The van der Waals surface area contributed by atoms with Gasteiger partial charge < -0.3 is 9.26 Å². The van der Waals surface area contributed by atoms with Gasteiger partial charge >= 0.3 is 5.97 Å². The van der Waals surface area contributed by atoms with Gasteiger partial charge in [0.2, 0.25) is 7.37 Å². The molecule has 0 N–H and O–H groups in total. The van der Waals surface area contributed by atoms with Gasteiger partial charge in [-0.15, -0.1) is 0 Å². The number of esters is 1. The summed E-state index contributed by atoms with van der Waals surface area (Å²) in [5.41, 5.74) is 0.493. The van der Waals surface area contributed by atoms with Crippen LogP contribution in [-0.2, 0) is 13.8 Å². The highest BCUT2D eigenvalue weighted by Gasteiger charge is 2.24. The van der Waals surface area contributed by atoms with Crippen molar-refractivity contribution >= 4 is 18.6 Å². The topological polar surface area (TPSA) is 52.6 Å². The quantitative estimate of drug-likeness (QED) is 0.260. The lowest BCUT2D eigenvalue weighted by atomic mass is 10.1. The van der Waals surface area contributed by atoms with E-state index in [0.29, 0.717) is 23.6 Å². The lowest BCUT2D eigenvalue weighted by Gasteiger charge is -2.16. The zero-order chi connectivity index (χ0) is 18.5. The summed E-state index contributed by atoms with van der Waals surface area (Å²) in [5, 5.41) is 0.663. The zero-order valence-corrected chi connectivity index (χ0v) is 16.9. The normalized spacial score (nSPS) is 13.4. The Labute approximate surface area is 152 Å². The molecule has 1 aromatic rings. The Morgan fingerprint density at radius 3 is 2.12 bits per heavy atom. The summed E-state index contributed by atoms with van der Waals surface area (Å²) in [7, 11) is -1.33. The van der Waals surface area contributed by atoms with Crippen molar-refractivity contribution in [1.29, 1.82) is 0 Å². The Morgan fingerprint density at radius 1 is 0.920 bits per heavy atom. The molecule has 0 fully saturated rings. The number of rotatable bonds is 13. The van der Waals surface area contributed by atoms with E-state index < -0.39 is 7.37 Å². The molecular formula is C20H33O4P. The Balaban J connectivity index is 2.47. The van der Waals surface area contributed by atoms with Crippen LogP contribution in [0.2, 0.25) is 0 Å². The predicted molar refractivity (Wildman–Crippen MR) is 104 cm³/mol. The second kappa shape index (κ2) is 12.3. The molecule has 0 aliphatic heterocycles. The zero-order valence-electron chi connectivity index (χ0n) is 16.0. The third-order valence-corrected chi connectivity index (χ3v) is 6.91. The van der Waals surface area contributed by atoms with Gasteiger partial charge in [0.1, 0.15) is 0 Å². The van der Waals surface area contributed by atoms with Crippen LogP contribution in [0.3, 0.4) is 0 Å². The van der Waals surface area contributed by atoms with E-state index in [9.17, 15) is 9.36 Å². The van der Waals surface area contributed by atoms with Crippen molar-refractivity contribution in [2.45, 2.75) is 65.2 Å². The van der Waals surface area contributed by atoms with Crippen molar-refractivity contribution in [3.05, 3.63) is 29.8 Å². The lowest BCUT2D eigenvalue weighted by Crippen LogP contribution is -2.12. The molecule has 0 radical (unpaired) electrons. The molecule has 0 heterocycles. The molecule has 0 aliphatic carbocycles. The number of unbranched alkanes of at least 4 members (excludes halogenated alkanes) is 6. The minimum atomic E-state index is -2.81. The van der Waals surface area contributed by atoms with E-state index in [-0.39, 0.29) is 5.97 Å². The van der Waals surface area contributed by atoms with E-state index in [2.05, 4.69) is 13.8 Å². The minimum Gasteiger partial charge on any atom is -0.462 e. The fourth-order valence-corrected chi connectivity index (χ4v) is 4.63. The fraction of sp³-hybridized carbons (Fsp3) is 0.650. The second-order valence-electron chi connectivity index (χ2n) is 6.38. The third kappa shape index (κ3) is 7.75. The number of benzene rings is 1. The molecule has 0 bridgehead atoms. The minimum absolute atomic E-state index is 0.319. The number of ether oxygens (including phenoxy) is 1. The van der Waals surface area contributed by atoms with Gasteiger partial charge in [0.15, 0.2) is 0 Å². The van der Waals surface area contributed by atoms with E-state index in [4.69, 9.17) is 9.26 Å². The maximum absolute atomic E-state index is 12.8. The van der Waals surface area contributed by atoms with Crippen molar-refractivity contribution in [1.82, 2.24) is 0 Å². The van der Waals surface area contributed by atoms with Crippen LogP contribution in [-0.4, -0.2) is 25.8 Å². The summed E-state index contributed by atoms with van der Waals surface area (Å²) in [6.45, 7) is 4.71. The predicted octanol–water partition coefficient (Wildman–Crippen LogP) is 5.55. The number of hydrogen-bond acceptors (Lipinski definition) is 4. The van der Waals surface area contributed by atoms with Crippen molar-refractivity contribution < 1.29 is 18.6 Å². The summed E-state index contributed by atoms with van der Waals surface area (Å²) in [5.74, 6) is -0.319. The smallest absolute Gasteiger partial charge is 0.338 e. The van der Waals surface area contributed by atoms with Crippen LogP contribution < -0.4 is 5.30 Å². The van der Waals surface area contributed by atoms with E-state index in [1.54, 1.807) is 24.3 Å². The second-order valence-corrected chi connectivity index (χ2v) is 9.06. The molecule has 1 aromatic carbocycles. The van der Waals surface area contributed by atoms with Gasteiger partial charge in [0.25, 0.3) is 0 Å². The van der Waals surface area contributed by atoms with Gasteiger partial charge in [-0.2, -0.15) is 0 Å². The van der Waals surface area contributed by atoms with Crippen LogP contribution in [0.4, 0.5) is 0 Å². The number of hydrogen-bond donors (Lipinski definition) is 0.